The highest BCUT2D eigenvalue weighted by Crippen LogP contribution is 2.35. The maximum absolute atomic E-state index is 14.8. The van der Waals surface area contributed by atoms with Gasteiger partial charge >= 0.3 is 5.97 Å². The van der Waals surface area contributed by atoms with Gasteiger partial charge in [-0.2, -0.15) is 0 Å². The number of nitrogens with zero attached hydrogens (tertiary/aromatic N) is 1. The fraction of sp³-hybridized carbons (Fsp3) is 0.458. The number of ether oxygens (including phenoxy) is 2. The summed E-state index contributed by atoms with van der Waals surface area (Å²) in [5.41, 5.74) is 2.73. The van der Waals surface area contributed by atoms with Gasteiger partial charge in [0.25, 0.3) is 0 Å². The van der Waals surface area contributed by atoms with Gasteiger partial charge in [0, 0.05) is 57.2 Å². The van der Waals surface area contributed by atoms with E-state index in [0.29, 0.717) is 23.8 Å². The molecule has 0 saturated carbocycles. The first-order valence-electron chi connectivity index (χ1n) is 10.7. The first kappa shape index (κ1) is 25.9. The molecule has 0 atom stereocenters. The predicted molar refractivity (Wildman–Crippen MR) is 127 cm³/mol. The van der Waals surface area contributed by atoms with Gasteiger partial charge in [0.1, 0.15) is 5.82 Å². The molecule has 2 N–H and O–H groups in total. The zero-order valence-electron chi connectivity index (χ0n) is 18.9. The van der Waals surface area contributed by atoms with Crippen molar-refractivity contribution in [3.05, 3.63) is 52.8 Å². The Bertz CT molecular complexity index is 858. The Morgan fingerprint density at radius 2 is 1.88 bits per heavy atom. The largest absolute Gasteiger partial charge is 0.481 e. The van der Waals surface area contributed by atoms with Crippen LogP contribution >= 0.6 is 11.6 Å². The minimum atomic E-state index is -0.946. The van der Waals surface area contributed by atoms with E-state index in [-0.39, 0.29) is 24.7 Å². The van der Waals surface area contributed by atoms with Crippen LogP contribution in [0.4, 0.5) is 21.5 Å². The van der Waals surface area contributed by atoms with Crippen molar-refractivity contribution in [1.82, 2.24) is 0 Å². The molecule has 1 aliphatic rings. The third-order valence-electron chi connectivity index (χ3n) is 5.18. The van der Waals surface area contributed by atoms with E-state index in [0.717, 1.165) is 36.4 Å². The van der Waals surface area contributed by atoms with Crippen molar-refractivity contribution in [3.8, 4) is 0 Å². The van der Waals surface area contributed by atoms with Gasteiger partial charge in [0.15, 0.2) is 0 Å². The fourth-order valence-electron chi connectivity index (χ4n) is 3.69. The number of hydrogen-bond donors (Lipinski definition) is 2. The van der Waals surface area contributed by atoms with Crippen molar-refractivity contribution in [1.29, 1.82) is 0 Å². The minimum absolute atomic E-state index is 0.117. The Hall–Kier alpha value is -2.35. The molecule has 2 aromatic rings. The molecule has 1 heterocycles. The quantitative estimate of drug-likeness (QED) is 0.534. The molecule has 0 aromatic heterocycles. The van der Waals surface area contributed by atoms with E-state index >= 15 is 0 Å². The Morgan fingerprint density at radius 1 is 1.25 bits per heavy atom. The molecule has 6 nitrogen and oxygen atoms in total. The van der Waals surface area contributed by atoms with Gasteiger partial charge in [-0.3, -0.25) is 4.79 Å². The second-order valence-electron chi connectivity index (χ2n) is 7.52. The number of carbonyl (C=O) groups is 1. The number of methoxy groups -OCH3 is 1. The van der Waals surface area contributed by atoms with Crippen LogP contribution in [0, 0.1) is 5.82 Å². The summed E-state index contributed by atoms with van der Waals surface area (Å²) in [6.07, 6.45) is 1.79. The number of carboxylic acids is 1. The Labute approximate surface area is 194 Å². The number of anilines is 3. The van der Waals surface area contributed by atoms with Gasteiger partial charge in [-0.25, -0.2) is 4.39 Å². The van der Waals surface area contributed by atoms with Gasteiger partial charge in [0.2, 0.25) is 0 Å². The molecule has 1 aliphatic heterocycles. The maximum atomic E-state index is 14.8. The summed E-state index contributed by atoms with van der Waals surface area (Å²) in [7, 11) is 3.25. The summed E-state index contributed by atoms with van der Waals surface area (Å²) < 4.78 is 24.6. The number of hydrogen-bond acceptors (Lipinski definition) is 5. The maximum Gasteiger partial charge on any atom is 0.303 e. The van der Waals surface area contributed by atoms with Crippen molar-refractivity contribution < 1.29 is 23.8 Å². The average molecular weight is 467 g/mol. The van der Waals surface area contributed by atoms with Crippen LogP contribution in [0.1, 0.15) is 31.7 Å². The van der Waals surface area contributed by atoms with Crippen LogP contribution in [0.5, 0.6) is 0 Å². The van der Waals surface area contributed by atoms with Crippen molar-refractivity contribution in [2.24, 2.45) is 0 Å². The van der Waals surface area contributed by atoms with Crippen molar-refractivity contribution >= 4 is 34.6 Å². The van der Waals surface area contributed by atoms with E-state index in [4.69, 9.17) is 21.4 Å². The second-order valence-corrected chi connectivity index (χ2v) is 7.96. The molecular weight excluding hydrogens is 435 g/mol. The predicted octanol–water partition coefficient (Wildman–Crippen LogP) is 5.51. The number of aliphatic carboxylic acids is 1. The number of rotatable bonds is 8. The summed E-state index contributed by atoms with van der Waals surface area (Å²) in [4.78, 5) is 13.1. The van der Waals surface area contributed by atoms with Crippen molar-refractivity contribution in [3.63, 3.8) is 0 Å². The second kappa shape index (κ2) is 13.3. The lowest BCUT2D eigenvalue weighted by molar-refractivity contribution is -0.136. The van der Waals surface area contributed by atoms with Crippen LogP contribution in [0.2, 0.25) is 5.02 Å². The van der Waals surface area contributed by atoms with Crippen LogP contribution in [0.25, 0.3) is 0 Å². The molecule has 0 amide bonds. The van der Waals surface area contributed by atoms with Crippen LogP contribution in [-0.2, 0) is 20.7 Å². The van der Waals surface area contributed by atoms with Gasteiger partial charge < -0.3 is 24.8 Å². The van der Waals surface area contributed by atoms with Crippen LogP contribution in [0.15, 0.2) is 36.4 Å². The molecule has 0 unspecified atom stereocenters. The lowest BCUT2D eigenvalue weighted by Gasteiger charge is -2.36. The average Bonchev–Trinajstić information content (AvgIpc) is 2.77. The van der Waals surface area contributed by atoms with Crippen LogP contribution in [-0.4, -0.2) is 51.1 Å². The van der Waals surface area contributed by atoms with Crippen molar-refractivity contribution in [2.45, 2.75) is 38.6 Å². The Kier molecular flexibility index (Phi) is 10.7. The smallest absolute Gasteiger partial charge is 0.303 e. The molecule has 32 heavy (non-hydrogen) atoms. The molecule has 0 bridgehead atoms. The fourth-order valence-corrected chi connectivity index (χ4v) is 3.82. The van der Waals surface area contributed by atoms with E-state index in [1.54, 1.807) is 32.4 Å². The summed E-state index contributed by atoms with van der Waals surface area (Å²) >= 11 is 5.98. The topological polar surface area (TPSA) is 71.0 Å². The van der Waals surface area contributed by atoms with E-state index < -0.39 is 5.97 Å². The standard InChI is InChI=1S/C22H26ClFN2O3.C2H6O/c1-2-26(18-9-11-29-12-10-18)21-14-19(24)15(3-8-22(27)28)13-20(21)25-17-6-4-16(23)5-7-17;1-3-2/h4-7,13-14,18,25H,2-3,8-12H2,1H3,(H,27,28);1-2H3. The number of halogens is 2. The molecule has 1 fully saturated rings. The molecule has 2 aromatic carbocycles. The van der Waals surface area contributed by atoms with Gasteiger partial charge in [-0.05, 0) is 68.1 Å². The normalized spacial score (nSPS) is 13.8. The van der Waals surface area contributed by atoms with Crippen molar-refractivity contribution in [2.75, 3.05) is 44.2 Å². The first-order chi connectivity index (χ1) is 15.4. The number of aryl methyl sites for hydroxylation is 1. The molecule has 1 saturated heterocycles. The van der Waals surface area contributed by atoms with Crippen LogP contribution in [0.3, 0.4) is 0 Å². The lowest BCUT2D eigenvalue weighted by atomic mass is 10.0. The SMILES string of the molecule is CCN(c1cc(F)c(CCC(=O)O)cc1Nc1ccc(Cl)cc1)C1CCOCC1.COC. The van der Waals surface area contributed by atoms with Crippen LogP contribution < -0.4 is 10.2 Å². The first-order valence-corrected chi connectivity index (χ1v) is 11.1. The highest BCUT2D eigenvalue weighted by Gasteiger charge is 2.24. The van der Waals surface area contributed by atoms with E-state index in [1.807, 2.05) is 12.1 Å². The molecule has 0 aliphatic carbocycles. The summed E-state index contributed by atoms with van der Waals surface area (Å²) in [5.74, 6) is -1.33. The third-order valence-corrected chi connectivity index (χ3v) is 5.43. The number of benzene rings is 2. The molecule has 8 heteroatoms. The Morgan fingerprint density at radius 3 is 2.44 bits per heavy atom. The minimum Gasteiger partial charge on any atom is -0.481 e. The Balaban J connectivity index is 0.00000114. The highest BCUT2D eigenvalue weighted by atomic mass is 35.5. The summed E-state index contributed by atoms with van der Waals surface area (Å²) in [5, 5.41) is 13.0. The number of carboxylic acid groups (broad SMARTS) is 1. The summed E-state index contributed by atoms with van der Waals surface area (Å²) in [6.45, 7) is 4.17. The third kappa shape index (κ3) is 7.65. The molecule has 176 valence electrons. The molecule has 0 radical (unpaired) electrons. The zero-order chi connectivity index (χ0) is 23.5. The monoisotopic (exact) mass is 466 g/mol. The van der Waals surface area contributed by atoms with Gasteiger partial charge in [-0.1, -0.05) is 11.6 Å². The van der Waals surface area contributed by atoms with E-state index in [2.05, 4.69) is 21.9 Å². The molecule has 0 spiro atoms. The zero-order valence-corrected chi connectivity index (χ0v) is 19.6. The highest BCUT2D eigenvalue weighted by molar-refractivity contribution is 6.30. The number of nitrogens with one attached hydrogen (secondary N) is 1. The van der Waals surface area contributed by atoms with E-state index in [9.17, 15) is 9.18 Å². The molecular formula is C24H32ClFN2O4. The summed E-state index contributed by atoms with van der Waals surface area (Å²) in [6, 6.07) is 10.8. The lowest BCUT2D eigenvalue weighted by Crippen LogP contribution is -2.39. The molecule has 3 rings (SSSR count). The van der Waals surface area contributed by atoms with E-state index in [1.165, 1.54) is 6.07 Å². The van der Waals surface area contributed by atoms with Gasteiger partial charge in [-0.15, -0.1) is 0 Å². The van der Waals surface area contributed by atoms with Gasteiger partial charge in [0.05, 0.1) is 11.4 Å².